The van der Waals surface area contributed by atoms with Gasteiger partial charge in [0.1, 0.15) is 0 Å². The smallest absolute Gasteiger partial charge is 0.227 e. The largest absolute Gasteiger partial charge is 0.395 e. The van der Waals surface area contributed by atoms with Gasteiger partial charge in [0.15, 0.2) is 5.82 Å². The minimum atomic E-state index is 0.0142. The second-order valence-corrected chi connectivity index (χ2v) is 5.24. The van der Waals surface area contributed by atoms with Gasteiger partial charge in [0, 0.05) is 31.3 Å². The third-order valence-electron chi connectivity index (χ3n) is 3.20. The van der Waals surface area contributed by atoms with E-state index in [4.69, 9.17) is 9.63 Å². The average Bonchev–Trinajstić information content (AvgIpc) is 3.10. The number of rotatable bonds is 7. The van der Waals surface area contributed by atoms with E-state index in [1.807, 2.05) is 13.8 Å². The Balaban J connectivity index is 1.84. The number of nitrogens with zero attached hydrogens (tertiary/aromatic N) is 3. The van der Waals surface area contributed by atoms with Crippen molar-refractivity contribution >= 4 is 5.91 Å². The molecule has 6 nitrogen and oxygen atoms in total. The fourth-order valence-corrected chi connectivity index (χ4v) is 1.97. The molecule has 0 saturated heterocycles. The van der Waals surface area contributed by atoms with Gasteiger partial charge >= 0.3 is 0 Å². The minimum absolute atomic E-state index is 0.0142. The summed E-state index contributed by atoms with van der Waals surface area (Å²) in [4.78, 5) is 18.1. The van der Waals surface area contributed by atoms with Gasteiger partial charge in [-0.2, -0.15) is 4.98 Å². The number of aliphatic hydroxyl groups is 1. The van der Waals surface area contributed by atoms with Gasteiger partial charge in [-0.25, -0.2) is 0 Å². The summed E-state index contributed by atoms with van der Waals surface area (Å²) in [5.74, 6) is 1.47. The number of hydrogen-bond acceptors (Lipinski definition) is 5. The molecule has 0 spiro atoms. The summed E-state index contributed by atoms with van der Waals surface area (Å²) < 4.78 is 5.11. The fraction of sp³-hybridized carbons (Fsp3) is 0.769. The fourth-order valence-electron chi connectivity index (χ4n) is 1.97. The van der Waals surface area contributed by atoms with Crippen LogP contribution < -0.4 is 0 Å². The van der Waals surface area contributed by atoms with Crippen molar-refractivity contribution in [3.63, 3.8) is 0 Å². The molecule has 0 bridgehead atoms. The quantitative estimate of drug-likeness (QED) is 0.800. The Morgan fingerprint density at radius 3 is 2.79 bits per heavy atom. The molecule has 0 atom stereocenters. The van der Waals surface area contributed by atoms with Gasteiger partial charge in [-0.3, -0.25) is 4.79 Å². The average molecular weight is 267 g/mol. The molecule has 1 aromatic rings. The lowest BCUT2D eigenvalue weighted by Gasteiger charge is -2.20. The summed E-state index contributed by atoms with van der Waals surface area (Å²) in [5.41, 5.74) is 0. The maximum atomic E-state index is 12.1. The highest BCUT2D eigenvalue weighted by Crippen LogP contribution is 2.27. The molecule has 2 rings (SSSR count). The van der Waals surface area contributed by atoms with E-state index in [1.165, 1.54) is 0 Å². The molecule has 1 fully saturated rings. The molecule has 0 radical (unpaired) electrons. The predicted octanol–water partition coefficient (Wildman–Crippen LogP) is 1.11. The first-order chi connectivity index (χ1) is 9.11. The second-order valence-electron chi connectivity index (χ2n) is 5.24. The first-order valence-electron chi connectivity index (χ1n) is 6.84. The molecule has 0 aliphatic heterocycles. The van der Waals surface area contributed by atoms with E-state index < -0.39 is 0 Å². The van der Waals surface area contributed by atoms with Crippen LogP contribution in [-0.4, -0.2) is 45.2 Å². The summed E-state index contributed by atoms with van der Waals surface area (Å²) >= 11 is 0. The van der Waals surface area contributed by atoms with Gasteiger partial charge in [-0.05, 0) is 12.8 Å². The van der Waals surface area contributed by atoms with Crippen molar-refractivity contribution in [1.29, 1.82) is 0 Å². The van der Waals surface area contributed by atoms with Crippen molar-refractivity contribution in [2.45, 2.75) is 51.5 Å². The number of aromatic nitrogens is 2. The Morgan fingerprint density at radius 1 is 1.53 bits per heavy atom. The molecule has 19 heavy (non-hydrogen) atoms. The lowest BCUT2D eigenvalue weighted by Crippen LogP contribution is -2.35. The number of aryl methyl sites for hydroxylation is 1. The molecule has 1 aromatic heterocycles. The normalized spacial score (nSPS) is 14.9. The molecular weight excluding hydrogens is 246 g/mol. The highest BCUT2D eigenvalue weighted by atomic mass is 16.5. The van der Waals surface area contributed by atoms with Crippen LogP contribution in [-0.2, 0) is 11.2 Å². The predicted molar refractivity (Wildman–Crippen MR) is 68.5 cm³/mol. The zero-order chi connectivity index (χ0) is 13.8. The molecule has 0 unspecified atom stereocenters. The van der Waals surface area contributed by atoms with Crippen LogP contribution in [0.25, 0.3) is 0 Å². The topological polar surface area (TPSA) is 79.5 Å². The van der Waals surface area contributed by atoms with Gasteiger partial charge in [0.2, 0.25) is 11.8 Å². The summed E-state index contributed by atoms with van der Waals surface area (Å²) in [5, 5.41) is 12.8. The zero-order valence-electron chi connectivity index (χ0n) is 11.5. The molecule has 6 heteroatoms. The Morgan fingerprint density at radius 2 is 2.26 bits per heavy atom. The van der Waals surface area contributed by atoms with Crippen LogP contribution in [0.3, 0.4) is 0 Å². The third-order valence-corrected chi connectivity index (χ3v) is 3.20. The van der Waals surface area contributed by atoms with Gasteiger partial charge in [0.25, 0.3) is 0 Å². The minimum Gasteiger partial charge on any atom is -0.395 e. The SMILES string of the molecule is CC(C)c1noc(CCC(=O)N(CCO)C2CC2)n1. The first-order valence-corrected chi connectivity index (χ1v) is 6.84. The number of aliphatic hydroxyl groups excluding tert-OH is 1. The van der Waals surface area contributed by atoms with Crippen LogP contribution in [0.1, 0.15) is 50.7 Å². The molecule has 1 aliphatic rings. The molecule has 1 saturated carbocycles. The standard InChI is InChI=1S/C13H21N3O3/c1-9(2)13-14-11(19-15-13)5-6-12(18)16(7-8-17)10-3-4-10/h9-10,17H,3-8H2,1-2H3. The van der Waals surface area contributed by atoms with Crippen LogP contribution in [0.15, 0.2) is 4.52 Å². The van der Waals surface area contributed by atoms with Crippen LogP contribution in [0.5, 0.6) is 0 Å². The number of carbonyl (C=O) groups excluding carboxylic acids is 1. The Hall–Kier alpha value is -1.43. The Kier molecular flexibility index (Phi) is 4.52. The summed E-state index contributed by atoms with van der Waals surface area (Å²) in [6.45, 7) is 4.43. The molecule has 1 amide bonds. The molecule has 1 N–H and O–H groups in total. The molecule has 1 heterocycles. The maximum Gasteiger partial charge on any atom is 0.227 e. The second kappa shape index (κ2) is 6.14. The molecule has 106 valence electrons. The van der Waals surface area contributed by atoms with Crippen LogP contribution in [0, 0.1) is 0 Å². The van der Waals surface area contributed by atoms with Crippen molar-refractivity contribution in [2.75, 3.05) is 13.2 Å². The van der Waals surface area contributed by atoms with E-state index in [0.717, 1.165) is 12.8 Å². The van der Waals surface area contributed by atoms with Gasteiger partial charge in [-0.1, -0.05) is 19.0 Å². The lowest BCUT2D eigenvalue weighted by molar-refractivity contribution is -0.132. The summed E-state index contributed by atoms with van der Waals surface area (Å²) in [6, 6.07) is 0.327. The van der Waals surface area contributed by atoms with E-state index in [9.17, 15) is 4.79 Å². The van der Waals surface area contributed by atoms with Crippen LogP contribution >= 0.6 is 0 Å². The number of hydrogen-bond donors (Lipinski definition) is 1. The molecule has 0 aromatic carbocycles. The van der Waals surface area contributed by atoms with Crippen molar-refractivity contribution in [2.24, 2.45) is 0 Å². The monoisotopic (exact) mass is 267 g/mol. The first kappa shape index (κ1) is 14.0. The summed E-state index contributed by atoms with van der Waals surface area (Å²) in [6.07, 6.45) is 2.91. The van der Waals surface area contributed by atoms with E-state index in [2.05, 4.69) is 10.1 Å². The molecular formula is C13H21N3O3. The van der Waals surface area contributed by atoms with Crippen molar-refractivity contribution in [1.82, 2.24) is 15.0 Å². The van der Waals surface area contributed by atoms with Crippen molar-refractivity contribution in [3.05, 3.63) is 11.7 Å². The van der Waals surface area contributed by atoms with E-state index in [1.54, 1.807) is 4.90 Å². The van der Waals surface area contributed by atoms with Crippen LogP contribution in [0.4, 0.5) is 0 Å². The van der Waals surface area contributed by atoms with E-state index in [0.29, 0.717) is 37.1 Å². The Labute approximate surface area is 112 Å². The number of carbonyl (C=O) groups is 1. The van der Waals surface area contributed by atoms with Gasteiger partial charge < -0.3 is 14.5 Å². The number of amides is 1. The van der Waals surface area contributed by atoms with Crippen molar-refractivity contribution < 1.29 is 14.4 Å². The highest BCUT2D eigenvalue weighted by Gasteiger charge is 2.31. The molecule has 1 aliphatic carbocycles. The van der Waals surface area contributed by atoms with Gasteiger partial charge in [-0.15, -0.1) is 0 Å². The zero-order valence-corrected chi connectivity index (χ0v) is 11.5. The van der Waals surface area contributed by atoms with Gasteiger partial charge in [0.05, 0.1) is 6.61 Å². The van der Waals surface area contributed by atoms with E-state index >= 15 is 0 Å². The summed E-state index contributed by atoms with van der Waals surface area (Å²) in [7, 11) is 0. The lowest BCUT2D eigenvalue weighted by atomic mass is 10.2. The maximum absolute atomic E-state index is 12.1. The van der Waals surface area contributed by atoms with E-state index in [-0.39, 0.29) is 18.4 Å². The third kappa shape index (κ3) is 3.76. The Bertz CT molecular complexity index is 427. The van der Waals surface area contributed by atoms with Crippen LogP contribution in [0.2, 0.25) is 0 Å². The highest BCUT2D eigenvalue weighted by molar-refractivity contribution is 5.77. The van der Waals surface area contributed by atoms with Crippen molar-refractivity contribution in [3.8, 4) is 0 Å².